The lowest BCUT2D eigenvalue weighted by atomic mass is 9.97. The number of rotatable bonds is 2. The van der Waals surface area contributed by atoms with Gasteiger partial charge in [0.1, 0.15) is 5.75 Å². The minimum absolute atomic E-state index is 0.113. The number of nitro benzene ring substituents is 1. The van der Waals surface area contributed by atoms with Gasteiger partial charge in [-0.1, -0.05) is 30.3 Å². The highest BCUT2D eigenvalue weighted by atomic mass is 16.6. The Bertz CT molecular complexity index is 1090. The van der Waals surface area contributed by atoms with Crippen LogP contribution in [0.4, 0.5) is 5.69 Å². The van der Waals surface area contributed by atoms with Gasteiger partial charge in [0.25, 0.3) is 5.69 Å². The predicted molar refractivity (Wildman–Crippen MR) is 92.2 cm³/mol. The molecular weight excluding hydrogens is 290 g/mol. The van der Waals surface area contributed by atoms with Crippen LogP contribution in [0.15, 0.2) is 60.7 Å². The van der Waals surface area contributed by atoms with Gasteiger partial charge in [-0.25, -0.2) is 0 Å². The highest BCUT2D eigenvalue weighted by Crippen LogP contribution is 2.33. The summed E-state index contributed by atoms with van der Waals surface area (Å²) >= 11 is 0. The van der Waals surface area contributed by atoms with Crippen molar-refractivity contribution in [2.75, 3.05) is 7.11 Å². The summed E-state index contributed by atoms with van der Waals surface area (Å²) in [6.45, 7) is 0. The molecule has 0 radical (unpaired) electrons. The summed E-state index contributed by atoms with van der Waals surface area (Å²) in [7, 11) is 1.66. The zero-order chi connectivity index (χ0) is 16.0. The SMILES string of the molecule is COc1ccc2c(ccc3c4ccc([N+](=O)[O-])cc4ccc23)c1. The molecule has 4 aromatic carbocycles. The van der Waals surface area contributed by atoms with Crippen LogP contribution in [-0.4, -0.2) is 12.0 Å². The van der Waals surface area contributed by atoms with Crippen LogP contribution in [0.5, 0.6) is 5.75 Å². The summed E-state index contributed by atoms with van der Waals surface area (Å²) in [5, 5.41) is 17.3. The summed E-state index contributed by atoms with van der Waals surface area (Å²) in [5.74, 6) is 0.827. The van der Waals surface area contributed by atoms with Crippen LogP contribution >= 0.6 is 0 Å². The van der Waals surface area contributed by atoms with Gasteiger partial charge in [0.2, 0.25) is 0 Å². The van der Waals surface area contributed by atoms with E-state index in [-0.39, 0.29) is 10.6 Å². The lowest BCUT2D eigenvalue weighted by molar-refractivity contribution is -0.384. The van der Waals surface area contributed by atoms with Crippen molar-refractivity contribution in [2.45, 2.75) is 0 Å². The van der Waals surface area contributed by atoms with E-state index in [1.165, 1.54) is 0 Å². The molecule has 23 heavy (non-hydrogen) atoms. The van der Waals surface area contributed by atoms with Gasteiger partial charge in [0, 0.05) is 12.1 Å². The summed E-state index contributed by atoms with van der Waals surface area (Å²) in [6.07, 6.45) is 0. The van der Waals surface area contributed by atoms with E-state index < -0.39 is 0 Å². The number of hydrogen-bond acceptors (Lipinski definition) is 3. The molecule has 4 heteroatoms. The third-order valence-corrected chi connectivity index (χ3v) is 4.23. The number of fused-ring (bicyclic) bond motifs is 5. The van der Waals surface area contributed by atoms with Crippen molar-refractivity contribution in [1.82, 2.24) is 0 Å². The average Bonchev–Trinajstić information content (AvgIpc) is 2.59. The second-order valence-electron chi connectivity index (χ2n) is 5.48. The van der Waals surface area contributed by atoms with E-state index in [2.05, 4.69) is 12.1 Å². The topological polar surface area (TPSA) is 52.4 Å². The molecule has 0 N–H and O–H groups in total. The van der Waals surface area contributed by atoms with Gasteiger partial charge >= 0.3 is 0 Å². The molecule has 0 heterocycles. The van der Waals surface area contributed by atoms with Crippen LogP contribution in [0.1, 0.15) is 0 Å². The maximum absolute atomic E-state index is 10.9. The fourth-order valence-corrected chi connectivity index (χ4v) is 3.09. The number of methoxy groups -OCH3 is 1. The van der Waals surface area contributed by atoms with Crippen molar-refractivity contribution < 1.29 is 9.66 Å². The maximum atomic E-state index is 10.9. The molecule has 0 spiro atoms. The molecule has 112 valence electrons. The van der Waals surface area contributed by atoms with E-state index in [1.807, 2.05) is 36.4 Å². The second kappa shape index (κ2) is 4.95. The largest absolute Gasteiger partial charge is 0.497 e. The molecule has 4 rings (SSSR count). The summed E-state index contributed by atoms with van der Waals surface area (Å²) < 4.78 is 5.28. The second-order valence-corrected chi connectivity index (χ2v) is 5.48. The molecule has 0 saturated carbocycles. The standard InChI is InChI=1S/C19H13NO3/c1-23-15-5-9-17-13(11-15)3-7-18-16-8-4-14(20(21)22)10-12(16)2-6-19(17)18/h2-11H,1H3. The molecule has 0 atom stereocenters. The van der Waals surface area contributed by atoms with Crippen molar-refractivity contribution in [1.29, 1.82) is 0 Å². The Kier molecular flexibility index (Phi) is 2.91. The third kappa shape index (κ3) is 2.07. The highest BCUT2D eigenvalue weighted by molar-refractivity contribution is 6.17. The van der Waals surface area contributed by atoms with Crippen molar-refractivity contribution in [2.24, 2.45) is 0 Å². The van der Waals surface area contributed by atoms with Crippen molar-refractivity contribution in [3.63, 3.8) is 0 Å². The average molecular weight is 303 g/mol. The molecule has 4 aromatic rings. The molecule has 4 nitrogen and oxygen atoms in total. The molecule has 0 bridgehead atoms. The van der Waals surface area contributed by atoms with E-state index in [9.17, 15) is 10.1 Å². The summed E-state index contributed by atoms with van der Waals surface area (Å²) in [6, 6.07) is 19.1. The van der Waals surface area contributed by atoms with Crippen LogP contribution in [0, 0.1) is 10.1 Å². The van der Waals surface area contributed by atoms with Gasteiger partial charge in [-0.15, -0.1) is 0 Å². The lowest BCUT2D eigenvalue weighted by Crippen LogP contribution is -1.88. The van der Waals surface area contributed by atoms with Crippen LogP contribution in [0.2, 0.25) is 0 Å². The van der Waals surface area contributed by atoms with Gasteiger partial charge in [-0.2, -0.15) is 0 Å². The van der Waals surface area contributed by atoms with Gasteiger partial charge in [-0.3, -0.25) is 10.1 Å². The molecular formula is C19H13NO3. The Morgan fingerprint density at radius 2 is 1.35 bits per heavy atom. The fourth-order valence-electron chi connectivity index (χ4n) is 3.09. The van der Waals surface area contributed by atoms with E-state index >= 15 is 0 Å². The number of ether oxygens (including phenoxy) is 1. The van der Waals surface area contributed by atoms with Crippen LogP contribution in [-0.2, 0) is 0 Å². The van der Waals surface area contributed by atoms with E-state index in [0.717, 1.165) is 38.1 Å². The molecule has 0 aliphatic heterocycles. The Morgan fingerprint density at radius 3 is 1.96 bits per heavy atom. The summed E-state index contributed by atoms with van der Waals surface area (Å²) in [4.78, 5) is 10.6. The normalized spacial score (nSPS) is 11.2. The first-order valence-electron chi connectivity index (χ1n) is 7.25. The highest BCUT2D eigenvalue weighted by Gasteiger charge is 2.09. The van der Waals surface area contributed by atoms with E-state index in [1.54, 1.807) is 19.2 Å². The first kappa shape index (κ1) is 13.5. The van der Waals surface area contributed by atoms with Gasteiger partial charge in [-0.05, 0) is 50.5 Å². The number of nitrogens with zero attached hydrogens (tertiary/aromatic N) is 1. The van der Waals surface area contributed by atoms with Crippen molar-refractivity contribution in [3.8, 4) is 5.75 Å². The van der Waals surface area contributed by atoms with Crippen LogP contribution in [0.3, 0.4) is 0 Å². The Hall–Kier alpha value is -3.14. The van der Waals surface area contributed by atoms with E-state index in [4.69, 9.17) is 4.74 Å². The third-order valence-electron chi connectivity index (χ3n) is 4.23. The Balaban J connectivity index is 2.06. The van der Waals surface area contributed by atoms with Crippen molar-refractivity contribution in [3.05, 3.63) is 70.8 Å². The smallest absolute Gasteiger partial charge is 0.270 e. The molecule has 0 aliphatic carbocycles. The monoisotopic (exact) mass is 303 g/mol. The first-order chi connectivity index (χ1) is 11.2. The summed E-state index contributed by atoms with van der Waals surface area (Å²) in [5.41, 5.74) is 0.113. The Morgan fingerprint density at radius 1 is 0.783 bits per heavy atom. The number of nitro groups is 1. The maximum Gasteiger partial charge on any atom is 0.270 e. The molecule has 0 fully saturated rings. The first-order valence-corrected chi connectivity index (χ1v) is 7.25. The van der Waals surface area contributed by atoms with Crippen LogP contribution in [0.25, 0.3) is 32.3 Å². The number of hydrogen-bond donors (Lipinski definition) is 0. The minimum atomic E-state index is -0.365. The van der Waals surface area contributed by atoms with Crippen molar-refractivity contribution >= 4 is 38.0 Å². The van der Waals surface area contributed by atoms with Gasteiger partial charge < -0.3 is 4.74 Å². The quantitative estimate of drug-likeness (QED) is 0.295. The zero-order valence-electron chi connectivity index (χ0n) is 12.4. The predicted octanol–water partition coefficient (Wildman–Crippen LogP) is 5.06. The molecule has 0 aromatic heterocycles. The molecule has 0 amide bonds. The Labute approximate surface area is 132 Å². The van der Waals surface area contributed by atoms with E-state index in [0.29, 0.717) is 0 Å². The molecule has 0 saturated heterocycles. The molecule has 0 aliphatic rings. The number of benzene rings is 4. The number of non-ortho nitro benzene ring substituents is 1. The fraction of sp³-hybridized carbons (Fsp3) is 0.0526. The van der Waals surface area contributed by atoms with Gasteiger partial charge in [0.15, 0.2) is 0 Å². The zero-order valence-corrected chi connectivity index (χ0v) is 12.4. The van der Waals surface area contributed by atoms with Gasteiger partial charge in [0.05, 0.1) is 12.0 Å². The lowest BCUT2D eigenvalue weighted by Gasteiger charge is -2.09. The van der Waals surface area contributed by atoms with Crippen LogP contribution < -0.4 is 4.74 Å². The molecule has 0 unspecified atom stereocenters. The minimum Gasteiger partial charge on any atom is -0.497 e.